The molecule has 1 aliphatic rings. The van der Waals surface area contributed by atoms with Crippen molar-refractivity contribution in [1.29, 1.82) is 0 Å². The van der Waals surface area contributed by atoms with Gasteiger partial charge in [-0.1, -0.05) is 12.1 Å². The highest BCUT2D eigenvalue weighted by Crippen LogP contribution is 2.27. The molecule has 0 saturated carbocycles. The molecule has 0 radical (unpaired) electrons. The molecule has 1 aliphatic heterocycles. The lowest BCUT2D eigenvalue weighted by Gasteiger charge is -2.30. The fourth-order valence-corrected chi connectivity index (χ4v) is 5.94. The second-order valence-electron chi connectivity index (χ2n) is 6.28. The van der Waals surface area contributed by atoms with E-state index in [0.29, 0.717) is 36.0 Å². The van der Waals surface area contributed by atoms with Crippen molar-refractivity contribution < 1.29 is 13.2 Å². The van der Waals surface area contributed by atoms with Gasteiger partial charge in [0, 0.05) is 18.0 Å². The summed E-state index contributed by atoms with van der Waals surface area (Å²) in [5.41, 5.74) is 1.62. The van der Waals surface area contributed by atoms with Crippen molar-refractivity contribution in [3.05, 3.63) is 47.5 Å². The Kier molecular flexibility index (Phi) is 4.64. The van der Waals surface area contributed by atoms with Crippen molar-refractivity contribution in [2.45, 2.75) is 30.1 Å². The number of aryl methyl sites for hydroxylation is 1. The van der Waals surface area contributed by atoms with Crippen LogP contribution in [-0.4, -0.2) is 41.9 Å². The number of benzene rings is 1. The second kappa shape index (κ2) is 6.94. The number of hydrogen-bond donors (Lipinski definition) is 0. The molecule has 2 aromatic heterocycles. The molecule has 0 N–H and O–H groups in total. The zero-order chi connectivity index (χ0) is 18.1. The lowest BCUT2D eigenvalue weighted by Crippen LogP contribution is -2.41. The van der Waals surface area contributed by atoms with Gasteiger partial charge in [0.25, 0.3) is 10.0 Å². The van der Waals surface area contributed by atoms with E-state index in [1.165, 1.54) is 11.3 Å². The molecule has 1 saturated heterocycles. The second-order valence-corrected chi connectivity index (χ2v) is 9.74. The molecule has 0 spiro atoms. The Morgan fingerprint density at radius 3 is 2.54 bits per heavy atom. The molecule has 4 rings (SSSR count). The van der Waals surface area contributed by atoms with Gasteiger partial charge in [0.2, 0.25) is 5.88 Å². The topological polar surface area (TPSA) is 72.4 Å². The summed E-state index contributed by atoms with van der Waals surface area (Å²) in [6, 6.07) is 11.2. The maximum absolute atomic E-state index is 12.7. The number of sulfonamides is 1. The molecule has 0 atom stereocenters. The summed E-state index contributed by atoms with van der Waals surface area (Å²) in [5.74, 6) is 0.485. The standard InChI is InChI=1S/C18H19N3O3S2/c1-13-6-7-18(25-13)26(22,23)21-10-8-14(9-11-21)24-17-12-19-15-4-2-3-5-16(15)20-17/h2-7,12,14H,8-11H2,1H3. The Bertz CT molecular complexity index is 1020. The third-order valence-electron chi connectivity index (χ3n) is 4.42. The van der Waals surface area contributed by atoms with E-state index in [0.717, 1.165) is 15.9 Å². The number of thiophene rings is 1. The van der Waals surface area contributed by atoms with E-state index in [2.05, 4.69) is 9.97 Å². The quantitative estimate of drug-likeness (QED) is 0.685. The maximum atomic E-state index is 12.7. The number of rotatable bonds is 4. The highest BCUT2D eigenvalue weighted by Gasteiger charge is 2.31. The van der Waals surface area contributed by atoms with E-state index < -0.39 is 10.0 Å². The molecule has 8 heteroatoms. The minimum Gasteiger partial charge on any atom is -0.473 e. The number of fused-ring (bicyclic) bond motifs is 1. The van der Waals surface area contributed by atoms with Crippen molar-refractivity contribution in [3.63, 3.8) is 0 Å². The maximum Gasteiger partial charge on any atom is 0.252 e. The molecule has 3 aromatic rings. The molecular formula is C18H19N3O3S2. The number of ether oxygens (including phenoxy) is 1. The molecule has 1 aromatic carbocycles. The van der Waals surface area contributed by atoms with Crippen molar-refractivity contribution in [3.8, 4) is 5.88 Å². The van der Waals surface area contributed by atoms with Gasteiger partial charge >= 0.3 is 0 Å². The van der Waals surface area contributed by atoms with Gasteiger partial charge in [-0.05, 0) is 44.0 Å². The van der Waals surface area contributed by atoms with Crippen LogP contribution in [0.2, 0.25) is 0 Å². The molecule has 26 heavy (non-hydrogen) atoms. The summed E-state index contributed by atoms with van der Waals surface area (Å²) in [6.45, 7) is 2.81. The van der Waals surface area contributed by atoms with E-state index in [9.17, 15) is 8.42 Å². The zero-order valence-electron chi connectivity index (χ0n) is 14.3. The fraction of sp³-hybridized carbons (Fsp3) is 0.333. The molecule has 0 amide bonds. The number of nitrogens with zero attached hydrogens (tertiary/aromatic N) is 3. The summed E-state index contributed by atoms with van der Waals surface area (Å²) >= 11 is 1.31. The first-order valence-corrected chi connectivity index (χ1v) is 10.7. The van der Waals surface area contributed by atoms with Gasteiger partial charge in [-0.15, -0.1) is 11.3 Å². The smallest absolute Gasteiger partial charge is 0.252 e. The average Bonchev–Trinajstić information content (AvgIpc) is 3.09. The van der Waals surface area contributed by atoms with Crippen molar-refractivity contribution >= 4 is 32.4 Å². The van der Waals surface area contributed by atoms with Crippen LogP contribution in [0.4, 0.5) is 0 Å². The van der Waals surface area contributed by atoms with E-state index in [-0.39, 0.29) is 6.10 Å². The first-order valence-electron chi connectivity index (χ1n) is 8.47. The fourth-order valence-electron chi connectivity index (χ4n) is 3.04. The molecule has 6 nitrogen and oxygen atoms in total. The molecular weight excluding hydrogens is 370 g/mol. The van der Waals surface area contributed by atoms with E-state index in [1.807, 2.05) is 37.3 Å². The number of aromatic nitrogens is 2. The molecule has 0 bridgehead atoms. The first kappa shape index (κ1) is 17.4. The Morgan fingerprint density at radius 2 is 1.85 bits per heavy atom. The van der Waals surface area contributed by atoms with Gasteiger partial charge in [0.15, 0.2) is 0 Å². The highest BCUT2D eigenvalue weighted by molar-refractivity contribution is 7.91. The van der Waals surface area contributed by atoms with Crippen LogP contribution in [0.25, 0.3) is 11.0 Å². The summed E-state index contributed by atoms with van der Waals surface area (Å²) in [4.78, 5) is 9.82. The van der Waals surface area contributed by atoms with Gasteiger partial charge in [-0.25, -0.2) is 18.4 Å². The van der Waals surface area contributed by atoms with Gasteiger partial charge < -0.3 is 4.74 Å². The minimum atomic E-state index is -3.40. The van der Waals surface area contributed by atoms with Crippen LogP contribution in [0, 0.1) is 6.92 Å². The van der Waals surface area contributed by atoms with Gasteiger partial charge in [-0.3, -0.25) is 0 Å². The SMILES string of the molecule is Cc1ccc(S(=O)(=O)N2CCC(Oc3cnc4ccccc4n3)CC2)s1. The van der Waals surface area contributed by atoms with Crippen LogP contribution < -0.4 is 4.74 Å². The number of hydrogen-bond acceptors (Lipinski definition) is 6. The Morgan fingerprint density at radius 1 is 1.12 bits per heavy atom. The molecule has 3 heterocycles. The summed E-state index contributed by atoms with van der Waals surface area (Å²) in [6.07, 6.45) is 2.85. The normalized spacial score (nSPS) is 16.8. The summed E-state index contributed by atoms with van der Waals surface area (Å²) in [5, 5.41) is 0. The third-order valence-corrected chi connectivity index (χ3v) is 7.79. The van der Waals surface area contributed by atoms with Crippen LogP contribution in [0.3, 0.4) is 0 Å². The van der Waals surface area contributed by atoms with Crippen LogP contribution >= 0.6 is 11.3 Å². The summed E-state index contributed by atoms with van der Waals surface area (Å²) in [7, 11) is -3.40. The Labute approximate surface area is 156 Å². The van der Waals surface area contributed by atoms with Crippen LogP contribution in [0.15, 0.2) is 46.8 Å². The average molecular weight is 390 g/mol. The minimum absolute atomic E-state index is 0.0537. The highest BCUT2D eigenvalue weighted by atomic mass is 32.2. The molecule has 0 aliphatic carbocycles. The van der Waals surface area contributed by atoms with Crippen LogP contribution in [-0.2, 0) is 10.0 Å². The van der Waals surface area contributed by atoms with Crippen molar-refractivity contribution in [2.24, 2.45) is 0 Å². The van der Waals surface area contributed by atoms with E-state index in [4.69, 9.17) is 4.74 Å². The van der Waals surface area contributed by atoms with Crippen molar-refractivity contribution in [2.75, 3.05) is 13.1 Å². The van der Waals surface area contributed by atoms with Crippen LogP contribution in [0.1, 0.15) is 17.7 Å². The zero-order valence-corrected chi connectivity index (χ0v) is 16.0. The third kappa shape index (κ3) is 3.44. The summed E-state index contributed by atoms with van der Waals surface area (Å²) < 4.78 is 33.3. The largest absolute Gasteiger partial charge is 0.473 e. The number of piperidine rings is 1. The Hall–Kier alpha value is -2.03. The lowest BCUT2D eigenvalue weighted by atomic mass is 10.1. The monoisotopic (exact) mass is 389 g/mol. The molecule has 136 valence electrons. The van der Waals surface area contributed by atoms with Gasteiger partial charge in [0.05, 0.1) is 17.2 Å². The predicted molar refractivity (Wildman–Crippen MR) is 101 cm³/mol. The lowest BCUT2D eigenvalue weighted by molar-refractivity contribution is 0.130. The Balaban J connectivity index is 1.41. The van der Waals surface area contributed by atoms with Crippen molar-refractivity contribution in [1.82, 2.24) is 14.3 Å². The first-order chi connectivity index (χ1) is 12.5. The van der Waals surface area contributed by atoms with E-state index in [1.54, 1.807) is 16.6 Å². The van der Waals surface area contributed by atoms with E-state index >= 15 is 0 Å². The molecule has 0 unspecified atom stereocenters. The van der Waals surface area contributed by atoms with Gasteiger partial charge in [-0.2, -0.15) is 4.31 Å². The van der Waals surface area contributed by atoms with Gasteiger partial charge in [0.1, 0.15) is 10.3 Å². The van der Waals surface area contributed by atoms with Crippen LogP contribution in [0.5, 0.6) is 5.88 Å². The number of para-hydroxylation sites is 2. The molecule has 1 fully saturated rings. The predicted octanol–water partition coefficient (Wildman–Crippen LogP) is 3.23.